The normalized spacial score (nSPS) is 22.0. The summed E-state index contributed by atoms with van der Waals surface area (Å²) < 4.78 is 5.63. The van der Waals surface area contributed by atoms with Crippen molar-refractivity contribution in [1.29, 1.82) is 0 Å². The summed E-state index contributed by atoms with van der Waals surface area (Å²) >= 11 is 0. The quantitative estimate of drug-likeness (QED) is 0.835. The van der Waals surface area contributed by atoms with Crippen LogP contribution in [0.1, 0.15) is 19.8 Å². The van der Waals surface area contributed by atoms with E-state index in [9.17, 15) is 9.59 Å². The molecule has 3 amide bonds. The molecule has 26 heavy (non-hydrogen) atoms. The van der Waals surface area contributed by atoms with Crippen LogP contribution in [0.5, 0.6) is 0 Å². The summed E-state index contributed by atoms with van der Waals surface area (Å²) in [4.78, 5) is 28.4. The molecule has 2 aliphatic rings. The van der Waals surface area contributed by atoms with Crippen LogP contribution in [0.4, 0.5) is 10.5 Å². The second-order valence-corrected chi connectivity index (χ2v) is 6.97. The molecule has 2 unspecified atom stereocenters. The third-order valence-electron chi connectivity index (χ3n) is 4.96. The first-order valence-electron chi connectivity index (χ1n) is 9.36. The summed E-state index contributed by atoms with van der Waals surface area (Å²) in [7, 11) is 0. The summed E-state index contributed by atoms with van der Waals surface area (Å²) in [5.41, 5.74) is 0.804. The molecule has 2 aliphatic heterocycles. The van der Waals surface area contributed by atoms with Gasteiger partial charge in [-0.2, -0.15) is 0 Å². The van der Waals surface area contributed by atoms with Crippen LogP contribution in [0.15, 0.2) is 30.3 Å². The minimum Gasteiger partial charge on any atom is -0.376 e. The molecular formula is C19H28N4O3. The molecule has 0 saturated carbocycles. The zero-order chi connectivity index (χ0) is 18.4. The maximum absolute atomic E-state index is 12.4. The van der Waals surface area contributed by atoms with Crippen molar-refractivity contribution >= 4 is 17.6 Å². The number of hydrogen-bond acceptors (Lipinski definition) is 4. The van der Waals surface area contributed by atoms with Crippen LogP contribution >= 0.6 is 0 Å². The molecule has 1 aromatic rings. The van der Waals surface area contributed by atoms with Gasteiger partial charge in [0, 0.05) is 38.5 Å². The molecule has 142 valence electrons. The Kier molecular flexibility index (Phi) is 6.46. The molecule has 0 aliphatic carbocycles. The summed E-state index contributed by atoms with van der Waals surface area (Å²) in [6, 6.07) is 9.43. The van der Waals surface area contributed by atoms with E-state index in [1.165, 1.54) is 0 Å². The molecule has 2 fully saturated rings. The molecule has 3 rings (SSSR count). The topological polar surface area (TPSA) is 73.9 Å². The van der Waals surface area contributed by atoms with Crippen molar-refractivity contribution in [3.63, 3.8) is 0 Å². The van der Waals surface area contributed by atoms with Crippen molar-refractivity contribution in [3.05, 3.63) is 30.3 Å². The minimum atomic E-state index is -0.0404. The van der Waals surface area contributed by atoms with E-state index in [2.05, 4.69) is 15.5 Å². The number of hydrogen-bond donors (Lipinski definition) is 2. The van der Waals surface area contributed by atoms with Gasteiger partial charge in [0.2, 0.25) is 5.91 Å². The van der Waals surface area contributed by atoms with Crippen LogP contribution in [0.3, 0.4) is 0 Å². The molecule has 2 N–H and O–H groups in total. The number of urea groups is 1. The predicted octanol–water partition coefficient (Wildman–Crippen LogP) is 1.52. The highest BCUT2D eigenvalue weighted by atomic mass is 16.5. The van der Waals surface area contributed by atoms with E-state index in [1.54, 1.807) is 0 Å². The lowest BCUT2D eigenvalue weighted by atomic mass is 10.1. The van der Waals surface area contributed by atoms with Crippen molar-refractivity contribution in [3.8, 4) is 0 Å². The molecule has 2 heterocycles. The van der Waals surface area contributed by atoms with Gasteiger partial charge in [0.25, 0.3) is 0 Å². The number of ether oxygens (including phenoxy) is 1. The Hall–Kier alpha value is -2.12. The van der Waals surface area contributed by atoms with Crippen molar-refractivity contribution in [2.24, 2.45) is 0 Å². The summed E-state index contributed by atoms with van der Waals surface area (Å²) in [6.45, 7) is 5.78. The summed E-state index contributed by atoms with van der Waals surface area (Å²) in [5.74, 6) is -0.0268. The number of benzene rings is 1. The van der Waals surface area contributed by atoms with Crippen molar-refractivity contribution < 1.29 is 14.3 Å². The average Bonchev–Trinajstić information content (AvgIpc) is 3.18. The van der Waals surface area contributed by atoms with Crippen molar-refractivity contribution in [2.75, 3.05) is 44.6 Å². The molecule has 0 aromatic heterocycles. The number of rotatable bonds is 5. The number of piperazine rings is 1. The van der Waals surface area contributed by atoms with E-state index < -0.39 is 0 Å². The maximum Gasteiger partial charge on any atom is 0.317 e. The number of anilines is 1. The Bertz CT molecular complexity index is 596. The number of para-hydroxylation sites is 1. The lowest BCUT2D eigenvalue weighted by Gasteiger charge is -2.35. The number of nitrogens with one attached hydrogen (secondary N) is 2. The lowest BCUT2D eigenvalue weighted by Crippen LogP contribution is -2.55. The average molecular weight is 360 g/mol. The Labute approximate surface area is 154 Å². The van der Waals surface area contributed by atoms with Crippen LogP contribution < -0.4 is 10.6 Å². The van der Waals surface area contributed by atoms with E-state index >= 15 is 0 Å². The first-order chi connectivity index (χ1) is 12.6. The molecule has 0 radical (unpaired) electrons. The Balaban J connectivity index is 1.38. The lowest BCUT2D eigenvalue weighted by molar-refractivity contribution is -0.117. The Morgan fingerprint density at radius 3 is 2.58 bits per heavy atom. The second-order valence-electron chi connectivity index (χ2n) is 6.97. The van der Waals surface area contributed by atoms with Gasteiger partial charge in [0.15, 0.2) is 0 Å². The fourth-order valence-corrected chi connectivity index (χ4v) is 3.41. The van der Waals surface area contributed by atoms with Gasteiger partial charge in [-0.25, -0.2) is 4.79 Å². The van der Waals surface area contributed by atoms with Gasteiger partial charge in [-0.05, 0) is 31.9 Å². The van der Waals surface area contributed by atoms with E-state index in [0.29, 0.717) is 32.7 Å². The first-order valence-corrected chi connectivity index (χ1v) is 9.36. The van der Waals surface area contributed by atoms with Gasteiger partial charge in [0.05, 0.1) is 18.7 Å². The highest BCUT2D eigenvalue weighted by Crippen LogP contribution is 2.15. The monoisotopic (exact) mass is 360 g/mol. The zero-order valence-electron chi connectivity index (χ0n) is 15.3. The van der Waals surface area contributed by atoms with Gasteiger partial charge in [-0.15, -0.1) is 0 Å². The van der Waals surface area contributed by atoms with Crippen LogP contribution in [0.25, 0.3) is 0 Å². The van der Waals surface area contributed by atoms with Crippen LogP contribution in [0.2, 0.25) is 0 Å². The first kappa shape index (κ1) is 18.7. The van der Waals surface area contributed by atoms with Crippen molar-refractivity contribution in [2.45, 2.75) is 31.9 Å². The molecule has 0 spiro atoms. The number of amides is 3. The minimum absolute atomic E-state index is 0.0268. The molecule has 0 bridgehead atoms. The summed E-state index contributed by atoms with van der Waals surface area (Å²) in [5, 5.41) is 5.94. The smallest absolute Gasteiger partial charge is 0.317 e. The SMILES string of the molecule is CC(NC(=O)N1CCN(CC(=O)Nc2ccccc2)CC1)C1CCCO1. The molecule has 7 nitrogen and oxygen atoms in total. The van der Waals surface area contributed by atoms with Gasteiger partial charge in [-0.1, -0.05) is 18.2 Å². The van der Waals surface area contributed by atoms with Crippen LogP contribution in [-0.2, 0) is 9.53 Å². The fraction of sp³-hybridized carbons (Fsp3) is 0.579. The number of nitrogens with zero attached hydrogens (tertiary/aromatic N) is 2. The van der Waals surface area contributed by atoms with Gasteiger partial charge < -0.3 is 20.3 Å². The molecule has 2 saturated heterocycles. The highest BCUT2D eigenvalue weighted by Gasteiger charge is 2.27. The number of carbonyl (C=O) groups is 2. The van der Waals surface area contributed by atoms with E-state index in [1.807, 2.05) is 42.2 Å². The molecule has 7 heteroatoms. The summed E-state index contributed by atoms with van der Waals surface area (Å²) in [6.07, 6.45) is 2.20. The third kappa shape index (κ3) is 5.19. The van der Waals surface area contributed by atoms with E-state index in [0.717, 1.165) is 25.1 Å². The largest absolute Gasteiger partial charge is 0.376 e. The predicted molar refractivity (Wildman–Crippen MR) is 100 cm³/mol. The van der Waals surface area contributed by atoms with Gasteiger partial charge in [-0.3, -0.25) is 9.69 Å². The zero-order valence-corrected chi connectivity index (χ0v) is 15.3. The standard InChI is InChI=1S/C19H28N4O3/c1-15(17-8-5-13-26-17)20-19(25)23-11-9-22(10-12-23)14-18(24)21-16-6-3-2-4-7-16/h2-4,6-7,15,17H,5,8-14H2,1H3,(H,20,25)(H,21,24). The molecular weight excluding hydrogens is 332 g/mol. The van der Waals surface area contributed by atoms with Crippen molar-refractivity contribution in [1.82, 2.24) is 15.1 Å². The highest BCUT2D eigenvalue weighted by molar-refractivity contribution is 5.92. The van der Waals surface area contributed by atoms with E-state index in [-0.39, 0.29) is 24.1 Å². The number of carbonyl (C=O) groups excluding carboxylic acids is 2. The van der Waals surface area contributed by atoms with Gasteiger partial charge in [0.1, 0.15) is 0 Å². The molecule has 2 atom stereocenters. The van der Waals surface area contributed by atoms with E-state index in [4.69, 9.17) is 4.74 Å². The Morgan fingerprint density at radius 1 is 1.19 bits per heavy atom. The van der Waals surface area contributed by atoms with Crippen LogP contribution in [0, 0.1) is 0 Å². The second kappa shape index (κ2) is 9.00. The van der Waals surface area contributed by atoms with Crippen LogP contribution in [-0.4, -0.2) is 73.2 Å². The van der Waals surface area contributed by atoms with Gasteiger partial charge >= 0.3 is 6.03 Å². The molecule has 1 aromatic carbocycles. The fourth-order valence-electron chi connectivity index (χ4n) is 3.41. The maximum atomic E-state index is 12.4. The third-order valence-corrected chi connectivity index (χ3v) is 4.96. The Morgan fingerprint density at radius 2 is 1.92 bits per heavy atom.